The fraction of sp³-hybridized carbons (Fsp3) is 1.00. The Balaban J connectivity index is 1.79. The number of hydrogen-bond acceptors (Lipinski definition) is 2. The number of likely N-dealkylation sites (tertiary alicyclic amines) is 1. The predicted molar refractivity (Wildman–Crippen MR) is 72.1 cm³/mol. The second-order valence-electron chi connectivity index (χ2n) is 6.30. The van der Waals surface area contributed by atoms with Crippen molar-refractivity contribution in [3.05, 3.63) is 0 Å². The minimum atomic E-state index is -0.364. The van der Waals surface area contributed by atoms with Gasteiger partial charge in [-0.05, 0) is 31.6 Å². The van der Waals surface area contributed by atoms with Crippen molar-refractivity contribution in [2.75, 3.05) is 13.1 Å². The Labute approximate surface area is 106 Å². The minimum absolute atomic E-state index is 0.364. The number of nitrogens with zero attached hydrogens (tertiary/aromatic N) is 1. The van der Waals surface area contributed by atoms with E-state index in [4.69, 9.17) is 0 Å². The largest absolute Gasteiger partial charge is 0.388 e. The van der Waals surface area contributed by atoms with Crippen LogP contribution in [0.4, 0.5) is 0 Å². The Hall–Kier alpha value is -0.0800. The van der Waals surface area contributed by atoms with Crippen LogP contribution in [0, 0.1) is 5.92 Å². The maximum Gasteiger partial charge on any atom is 0.0789 e. The van der Waals surface area contributed by atoms with Gasteiger partial charge in [-0.15, -0.1) is 0 Å². The molecule has 2 aliphatic rings. The highest BCUT2D eigenvalue weighted by Crippen LogP contribution is 2.37. The molecular weight excluding hydrogens is 210 g/mol. The van der Waals surface area contributed by atoms with E-state index in [1.807, 2.05) is 0 Å². The number of rotatable bonds is 7. The van der Waals surface area contributed by atoms with Crippen LogP contribution in [0.1, 0.15) is 65.2 Å². The third-order valence-corrected chi connectivity index (χ3v) is 4.64. The summed E-state index contributed by atoms with van der Waals surface area (Å²) >= 11 is 0. The standard InChI is InChI=1S/C15H29NO/c1-3-5-6-13(4-2)11-15(17)9-10-16(12-15)14-7-8-14/h13-14,17H,3-12H2,1-2H3. The quantitative estimate of drug-likeness (QED) is 0.737. The molecule has 1 saturated heterocycles. The van der Waals surface area contributed by atoms with Gasteiger partial charge in [0.15, 0.2) is 0 Å². The van der Waals surface area contributed by atoms with Gasteiger partial charge >= 0.3 is 0 Å². The number of β-amino-alcohol motifs (C(OH)–C–C–N with tert-alkyl or cyclic N) is 1. The lowest BCUT2D eigenvalue weighted by Gasteiger charge is -2.28. The summed E-state index contributed by atoms with van der Waals surface area (Å²) in [5.74, 6) is 0.735. The first-order valence-corrected chi connectivity index (χ1v) is 7.63. The summed E-state index contributed by atoms with van der Waals surface area (Å²) in [5, 5.41) is 10.7. The molecule has 0 aromatic carbocycles. The molecule has 0 bridgehead atoms. The molecule has 1 aliphatic heterocycles. The third kappa shape index (κ3) is 3.69. The Morgan fingerprint density at radius 3 is 2.71 bits per heavy atom. The molecule has 1 heterocycles. The first-order chi connectivity index (χ1) is 8.17. The molecule has 2 unspecified atom stereocenters. The maximum absolute atomic E-state index is 10.7. The number of unbranched alkanes of at least 4 members (excludes halogenated alkanes) is 1. The maximum atomic E-state index is 10.7. The number of aliphatic hydroxyl groups is 1. The SMILES string of the molecule is CCCCC(CC)CC1(O)CCN(C2CC2)C1. The Morgan fingerprint density at radius 2 is 2.12 bits per heavy atom. The van der Waals surface area contributed by atoms with Crippen molar-refractivity contribution in [1.82, 2.24) is 4.90 Å². The molecule has 2 fully saturated rings. The molecule has 0 aromatic heterocycles. The second-order valence-corrected chi connectivity index (χ2v) is 6.30. The predicted octanol–water partition coefficient (Wildman–Crippen LogP) is 3.19. The number of hydrogen-bond donors (Lipinski definition) is 1. The van der Waals surface area contributed by atoms with Crippen LogP contribution in [0.2, 0.25) is 0 Å². The molecular formula is C15H29NO. The lowest BCUT2D eigenvalue weighted by atomic mass is 9.85. The fourth-order valence-electron chi connectivity index (χ4n) is 3.29. The van der Waals surface area contributed by atoms with Crippen LogP contribution < -0.4 is 0 Å². The molecule has 2 rings (SSSR count). The van der Waals surface area contributed by atoms with Crippen LogP contribution in [0.3, 0.4) is 0 Å². The molecule has 17 heavy (non-hydrogen) atoms. The van der Waals surface area contributed by atoms with E-state index in [-0.39, 0.29) is 5.60 Å². The van der Waals surface area contributed by atoms with Gasteiger partial charge in [0, 0.05) is 19.1 Å². The average Bonchev–Trinajstić information content (AvgIpc) is 3.09. The summed E-state index contributed by atoms with van der Waals surface area (Å²) < 4.78 is 0. The summed E-state index contributed by atoms with van der Waals surface area (Å²) in [6.45, 7) is 6.61. The molecule has 100 valence electrons. The van der Waals surface area contributed by atoms with E-state index in [0.717, 1.165) is 37.9 Å². The third-order valence-electron chi connectivity index (χ3n) is 4.64. The molecule has 0 radical (unpaired) electrons. The molecule has 1 saturated carbocycles. The minimum Gasteiger partial charge on any atom is -0.388 e. The molecule has 0 aromatic rings. The van der Waals surface area contributed by atoms with Gasteiger partial charge in [-0.2, -0.15) is 0 Å². The van der Waals surface area contributed by atoms with E-state index in [2.05, 4.69) is 18.7 Å². The molecule has 0 spiro atoms. The first kappa shape index (κ1) is 13.4. The van der Waals surface area contributed by atoms with Crippen molar-refractivity contribution < 1.29 is 5.11 Å². The topological polar surface area (TPSA) is 23.5 Å². The highest BCUT2D eigenvalue weighted by atomic mass is 16.3. The van der Waals surface area contributed by atoms with Crippen LogP contribution in [0.15, 0.2) is 0 Å². The van der Waals surface area contributed by atoms with Gasteiger partial charge in [0.05, 0.1) is 5.60 Å². The molecule has 2 heteroatoms. The van der Waals surface area contributed by atoms with Crippen molar-refractivity contribution in [1.29, 1.82) is 0 Å². The fourth-order valence-corrected chi connectivity index (χ4v) is 3.29. The lowest BCUT2D eigenvalue weighted by molar-refractivity contribution is 0.0215. The van der Waals surface area contributed by atoms with E-state index >= 15 is 0 Å². The van der Waals surface area contributed by atoms with Gasteiger partial charge in [0.2, 0.25) is 0 Å². The van der Waals surface area contributed by atoms with Gasteiger partial charge in [0.1, 0.15) is 0 Å². The van der Waals surface area contributed by atoms with Crippen LogP contribution >= 0.6 is 0 Å². The molecule has 1 aliphatic carbocycles. The molecule has 2 nitrogen and oxygen atoms in total. The van der Waals surface area contributed by atoms with E-state index in [1.165, 1.54) is 38.5 Å². The first-order valence-electron chi connectivity index (χ1n) is 7.63. The van der Waals surface area contributed by atoms with Gasteiger partial charge in [0.25, 0.3) is 0 Å². The van der Waals surface area contributed by atoms with Crippen LogP contribution in [0.25, 0.3) is 0 Å². The van der Waals surface area contributed by atoms with Gasteiger partial charge in [-0.1, -0.05) is 39.5 Å². The van der Waals surface area contributed by atoms with E-state index in [9.17, 15) is 5.11 Å². The zero-order valence-corrected chi connectivity index (χ0v) is 11.6. The summed E-state index contributed by atoms with van der Waals surface area (Å²) in [6.07, 6.45) is 9.90. The summed E-state index contributed by atoms with van der Waals surface area (Å²) in [4.78, 5) is 2.52. The highest BCUT2D eigenvalue weighted by Gasteiger charge is 2.42. The monoisotopic (exact) mass is 239 g/mol. The smallest absolute Gasteiger partial charge is 0.0789 e. The van der Waals surface area contributed by atoms with Crippen molar-refractivity contribution in [3.63, 3.8) is 0 Å². The van der Waals surface area contributed by atoms with Crippen LogP contribution in [0.5, 0.6) is 0 Å². The van der Waals surface area contributed by atoms with E-state index < -0.39 is 0 Å². The van der Waals surface area contributed by atoms with E-state index in [0.29, 0.717) is 0 Å². The van der Waals surface area contributed by atoms with Gasteiger partial charge < -0.3 is 5.11 Å². The van der Waals surface area contributed by atoms with Crippen molar-refractivity contribution in [2.24, 2.45) is 5.92 Å². The Morgan fingerprint density at radius 1 is 1.35 bits per heavy atom. The van der Waals surface area contributed by atoms with Crippen LogP contribution in [-0.2, 0) is 0 Å². The second kappa shape index (κ2) is 5.71. The molecule has 0 amide bonds. The van der Waals surface area contributed by atoms with E-state index in [1.54, 1.807) is 0 Å². The van der Waals surface area contributed by atoms with Gasteiger partial charge in [-0.3, -0.25) is 4.90 Å². The Bertz CT molecular complexity index is 239. The Kier molecular flexibility index (Phi) is 4.48. The highest BCUT2D eigenvalue weighted by molar-refractivity contribution is 4.97. The average molecular weight is 239 g/mol. The summed E-state index contributed by atoms with van der Waals surface area (Å²) in [6, 6.07) is 0.819. The lowest BCUT2D eigenvalue weighted by Crippen LogP contribution is -2.36. The van der Waals surface area contributed by atoms with Crippen molar-refractivity contribution in [2.45, 2.75) is 76.9 Å². The molecule has 1 N–H and O–H groups in total. The summed E-state index contributed by atoms with van der Waals surface area (Å²) in [7, 11) is 0. The zero-order valence-electron chi connectivity index (χ0n) is 11.6. The van der Waals surface area contributed by atoms with Crippen LogP contribution in [-0.4, -0.2) is 34.7 Å². The van der Waals surface area contributed by atoms with Crippen molar-refractivity contribution >= 4 is 0 Å². The summed E-state index contributed by atoms with van der Waals surface area (Å²) in [5.41, 5.74) is -0.364. The zero-order chi connectivity index (χ0) is 12.3. The van der Waals surface area contributed by atoms with Gasteiger partial charge in [-0.25, -0.2) is 0 Å². The normalized spacial score (nSPS) is 31.9. The van der Waals surface area contributed by atoms with Crippen molar-refractivity contribution in [3.8, 4) is 0 Å². The molecule has 2 atom stereocenters.